The van der Waals surface area contributed by atoms with E-state index in [2.05, 4.69) is 25.8 Å². The van der Waals surface area contributed by atoms with Gasteiger partial charge in [-0.25, -0.2) is 0 Å². The van der Waals surface area contributed by atoms with Gasteiger partial charge in [0.2, 0.25) is 11.8 Å². The van der Waals surface area contributed by atoms with Crippen LogP contribution in [-0.2, 0) is 22.7 Å². The molecule has 2 bridgehead atoms. The minimum atomic E-state index is -0.0779. The molecule has 1 unspecified atom stereocenters. The first-order valence-electron chi connectivity index (χ1n) is 8.92. The molecule has 0 radical (unpaired) electrons. The lowest BCUT2D eigenvalue weighted by Crippen LogP contribution is -2.58. The molecule has 3 fully saturated rings. The molecule has 138 valence electrons. The van der Waals surface area contributed by atoms with E-state index in [1.165, 1.54) is 6.92 Å². The van der Waals surface area contributed by atoms with Crippen LogP contribution < -0.4 is 16.4 Å². The molecule has 0 aromatic carbocycles. The van der Waals surface area contributed by atoms with Crippen LogP contribution >= 0.6 is 0 Å². The van der Waals surface area contributed by atoms with Gasteiger partial charge in [-0.05, 0) is 25.3 Å². The summed E-state index contributed by atoms with van der Waals surface area (Å²) in [4.78, 5) is 25.7. The van der Waals surface area contributed by atoms with E-state index < -0.39 is 0 Å². The van der Waals surface area contributed by atoms with Gasteiger partial charge in [0.15, 0.2) is 0 Å². The van der Waals surface area contributed by atoms with E-state index in [9.17, 15) is 9.59 Å². The molecule has 4 atom stereocenters. The Morgan fingerprint density at radius 1 is 1.36 bits per heavy atom. The maximum Gasteiger partial charge on any atom is 0.224 e. The first-order valence-corrected chi connectivity index (χ1v) is 8.92. The second kappa shape index (κ2) is 7.92. The molecule has 0 spiro atoms. The van der Waals surface area contributed by atoms with Crippen LogP contribution in [0.15, 0.2) is 6.20 Å². The van der Waals surface area contributed by atoms with Crippen molar-refractivity contribution in [3.8, 4) is 0 Å². The van der Waals surface area contributed by atoms with Gasteiger partial charge in [0.25, 0.3) is 0 Å². The van der Waals surface area contributed by atoms with Crippen molar-refractivity contribution in [3.63, 3.8) is 0 Å². The van der Waals surface area contributed by atoms with Gasteiger partial charge < -0.3 is 16.4 Å². The summed E-state index contributed by atoms with van der Waals surface area (Å²) >= 11 is 0. The average molecular weight is 349 g/mol. The van der Waals surface area contributed by atoms with E-state index in [1.807, 2.05) is 10.9 Å². The van der Waals surface area contributed by atoms with Crippen molar-refractivity contribution in [3.05, 3.63) is 11.9 Å². The van der Waals surface area contributed by atoms with E-state index in [0.29, 0.717) is 31.6 Å². The zero-order chi connectivity index (χ0) is 17.8. The van der Waals surface area contributed by atoms with Gasteiger partial charge in [-0.3, -0.25) is 19.2 Å². The molecular formula is C16H27N7O2. The summed E-state index contributed by atoms with van der Waals surface area (Å²) < 4.78 is 1.86. The van der Waals surface area contributed by atoms with E-state index in [0.717, 1.165) is 38.2 Å². The Morgan fingerprint density at radius 2 is 2.16 bits per heavy atom. The van der Waals surface area contributed by atoms with Crippen LogP contribution in [0.5, 0.6) is 0 Å². The highest BCUT2D eigenvalue weighted by atomic mass is 16.2. The number of carbonyl (C=O) groups excluding carboxylic acids is 2. The highest BCUT2D eigenvalue weighted by molar-refractivity contribution is 5.79. The lowest BCUT2D eigenvalue weighted by Gasteiger charge is -2.49. The summed E-state index contributed by atoms with van der Waals surface area (Å²) in [5.41, 5.74) is 6.38. The molecule has 9 nitrogen and oxygen atoms in total. The van der Waals surface area contributed by atoms with Crippen molar-refractivity contribution in [2.45, 2.75) is 38.9 Å². The van der Waals surface area contributed by atoms with Gasteiger partial charge in [-0.15, -0.1) is 5.10 Å². The second-order valence-electron chi connectivity index (χ2n) is 6.95. The predicted molar refractivity (Wildman–Crippen MR) is 91.2 cm³/mol. The third-order valence-corrected chi connectivity index (χ3v) is 5.21. The molecule has 0 saturated carbocycles. The van der Waals surface area contributed by atoms with Gasteiger partial charge in [0.1, 0.15) is 0 Å². The van der Waals surface area contributed by atoms with Crippen LogP contribution in [0.25, 0.3) is 0 Å². The van der Waals surface area contributed by atoms with Crippen LogP contribution in [0.4, 0.5) is 0 Å². The molecule has 4 N–H and O–H groups in total. The van der Waals surface area contributed by atoms with Crippen LogP contribution in [0.1, 0.15) is 25.5 Å². The fourth-order valence-corrected chi connectivity index (χ4v) is 3.92. The minimum absolute atomic E-state index is 0.0395. The molecule has 9 heteroatoms. The number of nitrogens with one attached hydrogen (secondary N) is 2. The van der Waals surface area contributed by atoms with Gasteiger partial charge >= 0.3 is 0 Å². The van der Waals surface area contributed by atoms with E-state index in [1.54, 1.807) is 0 Å². The van der Waals surface area contributed by atoms with Crippen molar-refractivity contribution in [2.24, 2.45) is 17.6 Å². The summed E-state index contributed by atoms with van der Waals surface area (Å²) in [6.07, 6.45) is 3.96. The fraction of sp³-hybridized carbons (Fsp3) is 0.750. The number of hydrogen-bond donors (Lipinski definition) is 3. The number of hydrogen-bond acceptors (Lipinski definition) is 6. The quantitative estimate of drug-likeness (QED) is 0.527. The summed E-state index contributed by atoms with van der Waals surface area (Å²) in [7, 11) is 0. The van der Waals surface area contributed by atoms with E-state index in [4.69, 9.17) is 5.73 Å². The number of carbonyl (C=O) groups is 2. The number of nitrogens with zero attached hydrogens (tertiary/aromatic N) is 4. The van der Waals surface area contributed by atoms with Crippen LogP contribution in [-0.4, -0.2) is 63.9 Å². The maximum atomic E-state index is 12.4. The Balaban J connectivity index is 1.49. The molecule has 4 rings (SSSR count). The third kappa shape index (κ3) is 4.35. The Hall–Kier alpha value is -2.00. The van der Waals surface area contributed by atoms with Crippen molar-refractivity contribution < 1.29 is 9.59 Å². The van der Waals surface area contributed by atoms with Gasteiger partial charge in [0.05, 0.1) is 18.2 Å². The summed E-state index contributed by atoms with van der Waals surface area (Å²) in [6.45, 7) is 5.44. The first-order chi connectivity index (χ1) is 12.1. The van der Waals surface area contributed by atoms with Crippen molar-refractivity contribution in [1.82, 2.24) is 30.5 Å². The fourth-order valence-electron chi connectivity index (χ4n) is 3.92. The summed E-state index contributed by atoms with van der Waals surface area (Å²) in [5, 5.41) is 13.8. The monoisotopic (exact) mass is 349 g/mol. The highest BCUT2D eigenvalue weighted by Gasteiger charge is 2.43. The zero-order valence-corrected chi connectivity index (χ0v) is 14.6. The molecular weight excluding hydrogens is 322 g/mol. The van der Waals surface area contributed by atoms with Crippen LogP contribution in [0.2, 0.25) is 0 Å². The number of aromatic nitrogens is 3. The smallest absolute Gasteiger partial charge is 0.224 e. The molecule has 3 saturated heterocycles. The number of fused-ring (bicyclic) bond motifs is 3. The Bertz CT molecular complexity index is 617. The number of amides is 2. The SMILES string of the molecule is CC(=O)NCCNC(=O)[C@@H]1CN2CC[C@@H]1C[C@@H]2Cn1cc(CN)nn1. The summed E-state index contributed by atoms with van der Waals surface area (Å²) in [5.74, 6) is 0.474. The largest absolute Gasteiger partial charge is 0.355 e. The highest BCUT2D eigenvalue weighted by Crippen LogP contribution is 2.36. The topological polar surface area (TPSA) is 118 Å². The lowest BCUT2D eigenvalue weighted by atomic mass is 9.75. The molecule has 3 aliphatic rings. The summed E-state index contributed by atoms with van der Waals surface area (Å²) in [6, 6.07) is 0.398. The molecule has 4 heterocycles. The molecule has 1 aromatic rings. The molecule has 1 aromatic heterocycles. The number of piperidine rings is 3. The van der Waals surface area contributed by atoms with E-state index in [-0.39, 0.29) is 17.7 Å². The van der Waals surface area contributed by atoms with Crippen molar-refractivity contribution >= 4 is 11.8 Å². The Morgan fingerprint density at radius 3 is 2.80 bits per heavy atom. The van der Waals surface area contributed by atoms with Crippen molar-refractivity contribution in [2.75, 3.05) is 26.2 Å². The van der Waals surface area contributed by atoms with E-state index >= 15 is 0 Å². The molecule has 2 amide bonds. The Kier molecular flexibility index (Phi) is 5.64. The standard InChI is InChI=1S/C16H27N7O2/c1-11(24)18-3-4-19-16(25)15-10-22-5-2-12(15)6-14(22)9-23-8-13(7-17)20-21-23/h8,12,14-15H,2-7,9-10,17H2,1H3,(H,18,24)(H,19,25)/t12-,14-,15-/m1/s1. The maximum absolute atomic E-state index is 12.4. The van der Waals surface area contributed by atoms with Crippen LogP contribution in [0, 0.1) is 11.8 Å². The van der Waals surface area contributed by atoms with Gasteiger partial charge in [-0.2, -0.15) is 0 Å². The minimum Gasteiger partial charge on any atom is -0.355 e. The number of nitrogens with two attached hydrogens (primary N) is 1. The number of rotatable bonds is 7. The lowest BCUT2D eigenvalue weighted by molar-refractivity contribution is -0.133. The third-order valence-electron chi connectivity index (χ3n) is 5.21. The van der Waals surface area contributed by atoms with Gasteiger partial charge in [0, 0.05) is 45.3 Å². The Labute approximate surface area is 147 Å². The first kappa shape index (κ1) is 17.8. The normalized spacial score (nSPS) is 27.9. The average Bonchev–Trinajstić information content (AvgIpc) is 3.06. The molecule has 25 heavy (non-hydrogen) atoms. The van der Waals surface area contributed by atoms with Crippen molar-refractivity contribution in [1.29, 1.82) is 0 Å². The molecule has 0 aliphatic carbocycles. The zero-order valence-electron chi connectivity index (χ0n) is 14.6. The van der Waals surface area contributed by atoms with Gasteiger partial charge in [-0.1, -0.05) is 5.21 Å². The van der Waals surface area contributed by atoms with Crippen LogP contribution in [0.3, 0.4) is 0 Å². The predicted octanol–water partition coefficient (Wildman–Crippen LogP) is -1.30. The molecule has 3 aliphatic heterocycles. The second-order valence-corrected chi connectivity index (χ2v) is 6.95.